The number of hydrogen-bond acceptors (Lipinski definition) is 7. The Labute approximate surface area is 175 Å². The quantitative estimate of drug-likeness (QED) is 0.557. The molecule has 0 aliphatic heterocycles. The van der Waals surface area contributed by atoms with Crippen LogP contribution < -0.4 is 19.8 Å². The summed E-state index contributed by atoms with van der Waals surface area (Å²) in [5, 5.41) is 19.2. The molecule has 0 saturated heterocycles. The topological polar surface area (TPSA) is 92.4 Å². The van der Waals surface area contributed by atoms with Gasteiger partial charge < -0.3 is 29.0 Å². The average Bonchev–Trinajstić information content (AvgIpc) is 2.73. The molecular weight excluding hydrogens is 386 g/mol. The van der Waals surface area contributed by atoms with Gasteiger partial charge in [0.2, 0.25) is 0 Å². The van der Waals surface area contributed by atoms with Crippen LogP contribution in [0.15, 0.2) is 51.9 Å². The second-order valence-electron chi connectivity index (χ2n) is 7.12. The van der Waals surface area contributed by atoms with E-state index in [0.717, 1.165) is 0 Å². The molecule has 0 aliphatic carbocycles. The molecule has 0 aliphatic rings. The van der Waals surface area contributed by atoms with Gasteiger partial charge in [-0.05, 0) is 43.7 Å². The molecule has 1 heterocycles. The van der Waals surface area contributed by atoms with Crippen LogP contribution in [0.2, 0.25) is 0 Å². The first-order valence-electron chi connectivity index (χ1n) is 9.85. The van der Waals surface area contributed by atoms with Crippen molar-refractivity contribution < 1.29 is 24.1 Å². The molecule has 0 radical (unpaired) electrons. The van der Waals surface area contributed by atoms with Gasteiger partial charge in [0, 0.05) is 19.2 Å². The third-order valence-electron chi connectivity index (χ3n) is 4.69. The molecule has 3 aromatic rings. The van der Waals surface area contributed by atoms with Gasteiger partial charge in [0.25, 0.3) is 0 Å². The van der Waals surface area contributed by atoms with Gasteiger partial charge in [0.1, 0.15) is 23.3 Å². The fraction of sp³-hybridized carbons (Fsp3) is 0.348. The molecule has 0 bridgehead atoms. The SMILES string of the molecule is COc1ccc(-c2coc3cc(OC(C)C)ccc3c2=O)cc1N(CCO)CCO. The van der Waals surface area contributed by atoms with Crippen LogP contribution in [0, 0.1) is 0 Å². The molecular formula is C23H27NO6. The van der Waals surface area contributed by atoms with Crippen LogP contribution in [0.3, 0.4) is 0 Å². The summed E-state index contributed by atoms with van der Waals surface area (Å²) in [5.74, 6) is 1.23. The van der Waals surface area contributed by atoms with E-state index in [0.29, 0.717) is 52.4 Å². The standard InChI is InChI=1S/C23H27NO6/c1-15(2)30-17-5-6-18-22(13-17)29-14-19(23(18)27)16-4-7-21(28-3)20(12-16)24(8-10-25)9-11-26/h4-7,12-15,25-26H,8-11H2,1-3H3. The number of aliphatic hydroxyl groups excluding tert-OH is 2. The Bertz CT molecular complexity index is 1050. The molecule has 7 nitrogen and oxygen atoms in total. The van der Waals surface area contributed by atoms with Gasteiger partial charge in [-0.2, -0.15) is 0 Å². The predicted octanol–water partition coefficient (Wildman–Crippen LogP) is 3.05. The van der Waals surface area contributed by atoms with Crippen molar-refractivity contribution in [3.05, 3.63) is 52.9 Å². The van der Waals surface area contributed by atoms with E-state index in [1.54, 1.807) is 48.4 Å². The van der Waals surface area contributed by atoms with E-state index < -0.39 is 0 Å². The molecule has 2 aromatic carbocycles. The Morgan fingerprint density at radius 3 is 2.43 bits per heavy atom. The predicted molar refractivity (Wildman–Crippen MR) is 117 cm³/mol. The first-order chi connectivity index (χ1) is 14.5. The Kier molecular flexibility index (Phi) is 6.97. The Morgan fingerprint density at radius 1 is 1.07 bits per heavy atom. The summed E-state index contributed by atoms with van der Waals surface area (Å²) in [5.41, 5.74) is 2.05. The summed E-state index contributed by atoms with van der Waals surface area (Å²) in [6.07, 6.45) is 1.46. The van der Waals surface area contributed by atoms with Crippen molar-refractivity contribution >= 4 is 16.7 Å². The van der Waals surface area contributed by atoms with E-state index in [-0.39, 0.29) is 24.7 Å². The number of rotatable bonds is 9. The Hall–Kier alpha value is -3.03. The number of hydrogen-bond donors (Lipinski definition) is 2. The maximum Gasteiger partial charge on any atom is 0.200 e. The van der Waals surface area contributed by atoms with Crippen molar-refractivity contribution in [1.29, 1.82) is 0 Å². The van der Waals surface area contributed by atoms with Crippen LogP contribution in [-0.2, 0) is 0 Å². The van der Waals surface area contributed by atoms with Crippen molar-refractivity contribution in [3.8, 4) is 22.6 Å². The maximum atomic E-state index is 13.1. The lowest BCUT2D eigenvalue weighted by Crippen LogP contribution is -2.30. The maximum absolute atomic E-state index is 13.1. The van der Waals surface area contributed by atoms with Crippen molar-refractivity contribution in [2.24, 2.45) is 0 Å². The van der Waals surface area contributed by atoms with Crippen molar-refractivity contribution in [3.63, 3.8) is 0 Å². The monoisotopic (exact) mass is 413 g/mol. The largest absolute Gasteiger partial charge is 0.495 e. The zero-order valence-electron chi connectivity index (χ0n) is 17.4. The first kappa shape index (κ1) is 21.7. The minimum Gasteiger partial charge on any atom is -0.495 e. The summed E-state index contributed by atoms with van der Waals surface area (Å²) in [6, 6.07) is 10.5. The summed E-state index contributed by atoms with van der Waals surface area (Å²) < 4.78 is 16.9. The molecule has 2 N–H and O–H groups in total. The van der Waals surface area contributed by atoms with Crippen LogP contribution in [0.4, 0.5) is 5.69 Å². The highest BCUT2D eigenvalue weighted by Crippen LogP contribution is 2.33. The fourth-order valence-corrected chi connectivity index (χ4v) is 3.35. The molecule has 0 saturated carbocycles. The van der Waals surface area contributed by atoms with Crippen LogP contribution in [0.5, 0.6) is 11.5 Å². The number of aliphatic hydroxyl groups is 2. The van der Waals surface area contributed by atoms with E-state index in [1.807, 2.05) is 13.8 Å². The van der Waals surface area contributed by atoms with E-state index in [9.17, 15) is 15.0 Å². The number of fused-ring (bicyclic) bond motifs is 1. The smallest absolute Gasteiger partial charge is 0.200 e. The molecule has 0 spiro atoms. The van der Waals surface area contributed by atoms with Crippen LogP contribution >= 0.6 is 0 Å². The molecule has 0 fully saturated rings. The summed E-state index contributed by atoms with van der Waals surface area (Å²) >= 11 is 0. The summed E-state index contributed by atoms with van der Waals surface area (Å²) in [7, 11) is 1.55. The molecule has 7 heteroatoms. The molecule has 30 heavy (non-hydrogen) atoms. The van der Waals surface area contributed by atoms with Gasteiger partial charge in [-0.3, -0.25) is 4.79 Å². The molecule has 0 amide bonds. The lowest BCUT2D eigenvalue weighted by Gasteiger charge is -2.25. The van der Waals surface area contributed by atoms with Gasteiger partial charge in [-0.15, -0.1) is 0 Å². The number of nitrogens with zero attached hydrogens (tertiary/aromatic N) is 1. The van der Waals surface area contributed by atoms with Gasteiger partial charge in [0.15, 0.2) is 5.43 Å². The third kappa shape index (κ3) is 4.58. The van der Waals surface area contributed by atoms with Crippen molar-refractivity contribution in [2.75, 3.05) is 38.3 Å². The minimum absolute atomic E-state index is 0.0203. The van der Waals surface area contributed by atoms with Gasteiger partial charge >= 0.3 is 0 Å². The molecule has 1 aromatic heterocycles. The fourth-order valence-electron chi connectivity index (χ4n) is 3.35. The van der Waals surface area contributed by atoms with Crippen LogP contribution in [-0.4, -0.2) is 49.7 Å². The second-order valence-corrected chi connectivity index (χ2v) is 7.12. The van der Waals surface area contributed by atoms with E-state index in [4.69, 9.17) is 13.9 Å². The van der Waals surface area contributed by atoms with Gasteiger partial charge in [-0.1, -0.05) is 6.07 Å². The van der Waals surface area contributed by atoms with Crippen molar-refractivity contribution in [1.82, 2.24) is 0 Å². The normalized spacial score (nSPS) is 11.1. The number of benzene rings is 2. The zero-order valence-corrected chi connectivity index (χ0v) is 17.4. The highest BCUT2D eigenvalue weighted by atomic mass is 16.5. The van der Waals surface area contributed by atoms with E-state index in [1.165, 1.54) is 6.26 Å². The Morgan fingerprint density at radius 2 is 1.80 bits per heavy atom. The Balaban J connectivity index is 2.07. The van der Waals surface area contributed by atoms with Crippen LogP contribution in [0.25, 0.3) is 22.1 Å². The highest BCUT2D eigenvalue weighted by Gasteiger charge is 2.16. The number of methoxy groups -OCH3 is 1. The molecule has 0 atom stereocenters. The average molecular weight is 413 g/mol. The van der Waals surface area contributed by atoms with Crippen molar-refractivity contribution in [2.45, 2.75) is 20.0 Å². The lowest BCUT2D eigenvalue weighted by molar-refractivity contribution is 0.242. The molecule has 160 valence electrons. The summed E-state index contributed by atoms with van der Waals surface area (Å²) in [4.78, 5) is 14.9. The first-order valence-corrected chi connectivity index (χ1v) is 9.85. The summed E-state index contributed by atoms with van der Waals surface area (Å²) in [6.45, 7) is 4.36. The third-order valence-corrected chi connectivity index (χ3v) is 4.69. The van der Waals surface area contributed by atoms with E-state index in [2.05, 4.69) is 0 Å². The van der Waals surface area contributed by atoms with Gasteiger partial charge in [0.05, 0.1) is 43.1 Å². The molecule has 0 unspecified atom stereocenters. The zero-order chi connectivity index (χ0) is 21.7. The van der Waals surface area contributed by atoms with Gasteiger partial charge in [-0.25, -0.2) is 0 Å². The number of anilines is 1. The molecule has 3 rings (SSSR count). The highest BCUT2D eigenvalue weighted by molar-refractivity contribution is 5.83. The second kappa shape index (κ2) is 9.65. The van der Waals surface area contributed by atoms with E-state index >= 15 is 0 Å². The number of ether oxygens (including phenoxy) is 2. The lowest BCUT2D eigenvalue weighted by atomic mass is 10.0. The van der Waals surface area contributed by atoms with Crippen LogP contribution in [0.1, 0.15) is 13.8 Å². The minimum atomic E-state index is -0.153.